The van der Waals surface area contributed by atoms with Crippen LogP contribution in [0.3, 0.4) is 0 Å². The third-order valence-corrected chi connectivity index (χ3v) is 1.79. The molecule has 1 heterocycles. The van der Waals surface area contributed by atoms with Gasteiger partial charge in [-0.25, -0.2) is 9.59 Å². The van der Waals surface area contributed by atoms with Gasteiger partial charge in [0.15, 0.2) is 6.61 Å². The second kappa shape index (κ2) is 10.9. The minimum Gasteiger partial charge on any atom is -0.478 e. The minimum absolute atomic E-state index is 0.347. The second-order valence-electron chi connectivity index (χ2n) is 4.17. The maximum atomic E-state index is 9.55. The monoisotopic (exact) mass is 310 g/mol. The number of aliphatic carboxylic acids is 2. The number of carboxylic acids is 2. The van der Waals surface area contributed by atoms with Gasteiger partial charge in [-0.05, 0) is 26.2 Å². The number of aromatic nitrogens is 1. The number of hydrogen-bond donors (Lipinski definition) is 2. The quantitative estimate of drug-likeness (QED) is 0.601. The van der Waals surface area contributed by atoms with Crippen LogP contribution in [0.2, 0.25) is 0 Å². The maximum Gasteiger partial charge on any atom is 0.328 e. The number of hydrogen-bond acceptors (Lipinski definition) is 6. The summed E-state index contributed by atoms with van der Waals surface area (Å²) in [5, 5.41) is 19.3. The molecule has 0 saturated carbocycles. The normalized spacial score (nSPS) is 9.64. The van der Waals surface area contributed by atoms with Crippen LogP contribution in [-0.4, -0.2) is 59.5 Å². The van der Waals surface area contributed by atoms with E-state index < -0.39 is 11.9 Å². The molecule has 0 atom stereocenters. The number of ether oxygens (including phenoxy) is 1. The molecule has 0 bridgehead atoms. The van der Waals surface area contributed by atoms with Crippen molar-refractivity contribution >= 4 is 11.9 Å². The van der Waals surface area contributed by atoms with E-state index in [0.717, 1.165) is 12.3 Å². The van der Waals surface area contributed by atoms with Crippen LogP contribution in [-0.2, 0) is 9.59 Å². The van der Waals surface area contributed by atoms with Gasteiger partial charge in [-0.2, -0.15) is 0 Å². The standard InChI is InChI=1S/C10H14N2O2.C4H4O4/c1-9-8-10(11-14-9)13-7-5-4-6-12(2)3;5-3(6)1-2-4(7)8/h8H,6-7H2,1-3H3;1-2H,(H,5,6)(H,7,8)/b;2-1+. The Morgan fingerprint density at radius 1 is 1.32 bits per heavy atom. The minimum atomic E-state index is -1.26. The number of aryl methyl sites for hydroxylation is 1. The molecule has 0 fully saturated rings. The van der Waals surface area contributed by atoms with Crippen molar-refractivity contribution in [3.8, 4) is 17.7 Å². The number of rotatable bonds is 5. The predicted molar refractivity (Wildman–Crippen MR) is 77.5 cm³/mol. The van der Waals surface area contributed by atoms with E-state index in [1.54, 1.807) is 6.07 Å². The number of nitrogens with zero attached hydrogens (tertiary/aromatic N) is 2. The Kier molecular flexibility index (Phi) is 9.55. The average molecular weight is 310 g/mol. The van der Waals surface area contributed by atoms with E-state index in [-0.39, 0.29) is 0 Å². The van der Waals surface area contributed by atoms with Gasteiger partial charge in [0.1, 0.15) is 5.76 Å². The summed E-state index contributed by atoms with van der Waals surface area (Å²) in [6, 6.07) is 1.73. The fourth-order valence-electron chi connectivity index (χ4n) is 0.929. The lowest BCUT2D eigenvalue weighted by atomic mass is 10.5. The fraction of sp³-hybridized carbons (Fsp3) is 0.357. The van der Waals surface area contributed by atoms with Gasteiger partial charge >= 0.3 is 11.9 Å². The van der Waals surface area contributed by atoms with Gasteiger partial charge in [-0.1, -0.05) is 11.8 Å². The molecule has 0 spiro atoms. The molecule has 0 aliphatic heterocycles. The van der Waals surface area contributed by atoms with Crippen LogP contribution in [0.1, 0.15) is 5.76 Å². The molecule has 1 aromatic heterocycles. The van der Waals surface area contributed by atoms with Gasteiger partial charge < -0.3 is 19.5 Å². The van der Waals surface area contributed by atoms with Crippen molar-refractivity contribution in [1.29, 1.82) is 0 Å². The molecular weight excluding hydrogens is 292 g/mol. The van der Waals surface area contributed by atoms with Crippen molar-refractivity contribution in [3.05, 3.63) is 24.0 Å². The summed E-state index contributed by atoms with van der Waals surface area (Å²) in [4.78, 5) is 21.1. The summed E-state index contributed by atoms with van der Waals surface area (Å²) in [7, 11) is 3.94. The molecule has 0 unspecified atom stereocenters. The first kappa shape index (κ1) is 19.2. The van der Waals surface area contributed by atoms with E-state index in [1.807, 2.05) is 25.9 Å². The molecule has 1 rings (SSSR count). The molecule has 8 nitrogen and oxygen atoms in total. The van der Waals surface area contributed by atoms with Crippen LogP contribution < -0.4 is 4.74 Å². The Bertz CT molecular complexity index is 549. The second-order valence-corrected chi connectivity index (χ2v) is 4.17. The first-order chi connectivity index (χ1) is 10.3. The Morgan fingerprint density at radius 2 is 1.91 bits per heavy atom. The lowest BCUT2D eigenvalue weighted by Gasteiger charge is -2.00. The van der Waals surface area contributed by atoms with Gasteiger partial charge in [0, 0.05) is 18.2 Å². The van der Waals surface area contributed by atoms with E-state index in [0.29, 0.717) is 24.6 Å². The molecule has 8 heteroatoms. The van der Waals surface area contributed by atoms with Gasteiger partial charge in [0.2, 0.25) is 0 Å². The highest BCUT2D eigenvalue weighted by molar-refractivity contribution is 5.89. The first-order valence-corrected chi connectivity index (χ1v) is 6.11. The van der Waals surface area contributed by atoms with Crippen molar-refractivity contribution in [1.82, 2.24) is 10.1 Å². The van der Waals surface area contributed by atoms with E-state index in [1.165, 1.54) is 0 Å². The third-order valence-electron chi connectivity index (χ3n) is 1.79. The molecule has 120 valence electrons. The third kappa shape index (κ3) is 12.3. The number of carboxylic acid groups (broad SMARTS) is 2. The molecular formula is C14H18N2O6. The Balaban J connectivity index is 0.000000472. The molecule has 1 aromatic rings. The zero-order valence-electron chi connectivity index (χ0n) is 12.6. The molecule has 2 N–H and O–H groups in total. The van der Waals surface area contributed by atoms with E-state index in [2.05, 4.69) is 17.0 Å². The average Bonchev–Trinajstić information content (AvgIpc) is 2.82. The lowest BCUT2D eigenvalue weighted by molar-refractivity contribution is -0.134. The van der Waals surface area contributed by atoms with E-state index in [4.69, 9.17) is 19.5 Å². The maximum absolute atomic E-state index is 9.55. The molecule has 0 aliphatic carbocycles. The van der Waals surface area contributed by atoms with Crippen LogP contribution in [0, 0.1) is 18.8 Å². The van der Waals surface area contributed by atoms with Crippen molar-refractivity contribution in [3.63, 3.8) is 0 Å². The summed E-state index contributed by atoms with van der Waals surface area (Å²) >= 11 is 0. The van der Waals surface area contributed by atoms with Crippen molar-refractivity contribution < 1.29 is 29.1 Å². The summed E-state index contributed by atoms with van der Waals surface area (Å²) < 4.78 is 10.0. The topological polar surface area (TPSA) is 113 Å². The van der Waals surface area contributed by atoms with Crippen molar-refractivity contribution in [2.75, 3.05) is 27.2 Å². The Labute approximate surface area is 128 Å². The van der Waals surface area contributed by atoms with Gasteiger partial charge in [-0.3, -0.25) is 4.90 Å². The first-order valence-electron chi connectivity index (χ1n) is 6.11. The van der Waals surface area contributed by atoms with Crippen LogP contribution >= 0.6 is 0 Å². The summed E-state index contributed by atoms with van der Waals surface area (Å²) in [5.41, 5.74) is 0. The zero-order chi connectivity index (χ0) is 17.0. The molecule has 0 amide bonds. The van der Waals surface area contributed by atoms with Crippen LogP contribution in [0.15, 0.2) is 22.7 Å². The molecule has 0 aliphatic rings. The Morgan fingerprint density at radius 3 is 2.32 bits per heavy atom. The predicted octanol–water partition coefficient (Wildman–Crippen LogP) is 0.639. The molecule has 22 heavy (non-hydrogen) atoms. The van der Waals surface area contributed by atoms with E-state index in [9.17, 15) is 9.59 Å². The fourth-order valence-corrected chi connectivity index (χ4v) is 0.929. The smallest absolute Gasteiger partial charge is 0.328 e. The van der Waals surface area contributed by atoms with Crippen LogP contribution in [0.25, 0.3) is 0 Å². The van der Waals surface area contributed by atoms with E-state index >= 15 is 0 Å². The van der Waals surface area contributed by atoms with Gasteiger partial charge in [0.25, 0.3) is 5.88 Å². The summed E-state index contributed by atoms with van der Waals surface area (Å²) in [6.07, 6.45) is 1.12. The summed E-state index contributed by atoms with van der Waals surface area (Å²) in [5.74, 6) is 4.54. The zero-order valence-corrected chi connectivity index (χ0v) is 12.6. The largest absolute Gasteiger partial charge is 0.478 e. The number of carbonyl (C=O) groups is 2. The molecule has 0 aromatic carbocycles. The van der Waals surface area contributed by atoms with Crippen molar-refractivity contribution in [2.45, 2.75) is 6.92 Å². The molecule has 0 radical (unpaired) electrons. The highest BCUT2D eigenvalue weighted by Crippen LogP contribution is 2.08. The lowest BCUT2D eigenvalue weighted by Crippen LogP contribution is -2.11. The van der Waals surface area contributed by atoms with Crippen LogP contribution in [0.5, 0.6) is 5.88 Å². The Hall–Kier alpha value is -2.79. The highest BCUT2D eigenvalue weighted by atomic mass is 16.5. The summed E-state index contributed by atoms with van der Waals surface area (Å²) in [6.45, 7) is 2.90. The highest BCUT2D eigenvalue weighted by Gasteiger charge is 1.97. The van der Waals surface area contributed by atoms with Gasteiger partial charge in [-0.15, -0.1) is 0 Å². The van der Waals surface area contributed by atoms with Gasteiger partial charge in [0.05, 0.1) is 6.54 Å². The SMILES string of the molecule is Cc1cc(OCC#CCN(C)C)no1.O=C(O)/C=C/C(=O)O. The van der Waals surface area contributed by atoms with Crippen LogP contribution in [0.4, 0.5) is 0 Å². The molecule has 0 saturated heterocycles. The van der Waals surface area contributed by atoms with Crippen molar-refractivity contribution in [2.24, 2.45) is 0 Å².